The molecule has 8 atom stereocenters. The highest BCUT2D eigenvalue weighted by Crippen LogP contribution is 2.40. The highest BCUT2D eigenvalue weighted by atomic mass is 16.6. The fourth-order valence-electron chi connectivity index (χ4n) is 7.53. The first-order chi connectivity index (χ1) is 19.2. The Labute approximate surface area is 242 Å². The van der Waals surface area contributed by atoms with Crippen LogP contribution >= 0.6 is 0 Å². The summed E-state index contributed by atoms with van der Waals surface area (Å²) in [6.07, 6.45) is 16.4. The summed E-state index contributed by atoms with van der Waals surface area (Å²) in [5.41, 5.74) is 6.26. The molecular weight excluding hydrogens is 508 g/mol. The second-order valence-electron chi connectivity index (χ2n) is 13.1. The molecule has 1 heterocycles. The maximum absolute atomic E-state index is 12.0. The number of quaternary nitrogens is 1. The van der Waals surface area contributed by atoms with Crippen LogP contribution in [0.4, 0.5) is 0 Å². The molecule has 0 bridgehead atoms. The van der Waals surface area contributed by atoms with E-state index in [9.17, 15) is 14.7 Å². The molecule has 3 aliphatic rings. The van der Waals surface area contributed by atoms with Crippen LogP contribution in [0.3, 0.4) is 0 Å². The molecule has 5 N–H and O–H groups in total. The second kappa shape index (κ2) is 17.7. The largest absolute Gasteiger partial charge is 0.462 e. The molecule has 0 aromatic carbocycles. The van der Waals surface area contributed by atoms with E-state index in [-0.39, 0.29) is 48.4 Å². The fraction of sp³-hybridized carbons (Fsp3) is 0.938. The molecule has 3 rings (SSSR count). The third kappa shape index (κ3) is 11.9. The number of esters is 2. The number of hydrogen-bond donors (Lipinski definition) is 3. The van der Waals surface area contributed by atoms with E-state index in [4.69, 9.17) is 19.9 Å². The standard InChI is InChI=1S/C32H58N2O6/c1-4-5-7-12-28(38-22(2)35)21-29(39-23(3)36)14-13-24-17-26(18-25-15-16-34-31(33)20-25)32(37)30(19-24)40-27-10-8-6-9-11-27/h24-32,34,37H,4-21,33H2,1-3H3/p+1/t24?,25?,26?,28-,29+,30?,31?,32?/m0/s1. The Kier molecular flexibility index (Phi) is 14.7. The van der Waals surface area contributed by atoms with Crippen LogP contribution in [-0.4, -0.2) is 60.3 Å². The molecule has 0 aromatic rings. The molecule has 8 nitrogen and oxygen atoms in total. The van der Waals surface area contributed by atoms with Gasteiger partial charge >= 0.3 is 11.9 Å². The Balaban J connectivity index is 1.64. The Bertz CT molecular complexity index is 745. The normalized spacial score (nSPS) is 31.3. The molecule has 2 aliphatic carbocycles. The van der Waals surface area contributed by atoms with Gasteiger partial charge < -0.3 is 24.6 Å². The van der Waals surface area contributed by atoms with Crippen LogP contribution in [0.15, 0.2) is 0 Å². The summed E-state index contributed by atoms with van der Waals surface area (Å²) in [4.78, 5) is 23.8. The minimum absolute atomic E-state index is 0.134. The minimum atomic E-state index is -0.434. The minimum Gasteiger partial charge on any atom is -0.462 e. The number of hydrogen-bond acceptors (Lipinski definition) is 7. The molecule has 0 radical (unpaired) electrons. The van der Waals surface area contributed by atoms with Crippen LogP contribution in [-0.2, 0) is 23.8 Å². The molecule has 1 aliphatic heterocycles. The molecule has 232 valence electrons. The van der Waals surface area contributed by atoms with E-state index < -0.39 is 6.10 Å². The molecule has 0 aromatic heterocycles. The van der Waals surface area contributed by atoms with Gasteiger partial charge in [-0.2, -0.15) is 0 Å². The lowest BCUT2D eigenvalue weighted by Gasteiger charge is -2.43. The predicted molar refractivity (Wildman–Crippen MR) is 155 cm³/mol. The Hall–Kier alpha value is -1.22. The van der Waals surface area contributed by atoms with Crippen LogP contribution in [0.25, 0.3) is 0 Å². The summed E-state index contributed by atoms with van der Waals surface area (Å²) in [7, 11) is 0. The zero-order chi connectivity index (χ0) is 28.9. The van der Waals surface area contributed by atoms with E-state index in [0.29, 0.717) is 18.3 Å². The van der Waals surface area contributed by atoms with Crippen LogP contribution in [0.1, 0.15) is 130 Å². The monoisotopic (exact) mass is 567 g/mol. The quantitative estimate of drug-likeness (QED) is 0.198. The van der Waals surface area contributed by atoms with Gasteiger partial charge in [-0.25, -0.2) is 0 Å². The molecule has 0 spiro atoms. The number of nitrogens with two attached hydrogens (primary N) is 2. The summed E-state index contributed by atoms with van der Waals surface area (Å²) in [5.74, 6) is 0.583. The lowest BCUT2D eigenvalue weighted by atomic mass is 9.71. The summed E-state index contributed by atoms with van der Waals surface area (Å²) in [5, 5.41) is 13.7. The summed E-state index contributed by atoms with van der Waals surface area (Å²) in [6.45, 7) is 6.12. The maximum Gasteiger partial charge on any atom is 0.302 e. The highest BCUT2D eigenvalue weighted by molar-refractivity contribution is 5.66. The van der Waals surface area contributed by atoms with Gasteiger partial charge in [-0.1, -0.05) is 39.0 Å². The zero-order valence-corrected chi connectivity index (χ0v) is 25.6. The topological polar surface area (TPSA) is 125 Å². The first-order valence-electron chi connectivity index (χ1n) is 16.5. The van der Waals surface area contributed by atoms with Crippen molar-refractivity contribution in [1.82, 2.24) is 0 Å². The Morgan fingerprint density at radius 3 is 2.27 bits per heavy atom. The number of piperidine rings is 1. The summed E-state index contributed by atoms with van der Waals surface area (Å²) in [6, 6.07) is 0. The number of rotatable bonds is 15. The van der Waals surface area contributed by atoms with Gasteiger partial charge in [-0.3, -0.25) is 15.3 Å². The van der Waals surface area contributed by atoms with Gasteiger partial charge in [0.05, 0.1) is 24.9 Å². The molecule has 6 unspecified atom stereocenters. The number of carbonyl (C=O) groups is 2. The van der Waals surface area contributed by atoms with Crippen LogP contribution < -0.4 is 11.1 Å². The molecular formula is C32H59N2O6+. The summed E-state index contributed by atoms with van der Waals surface area (Å²) >= 11 is 0. The first kappa shape index (κ1) is 33.3. The second-order valence-corrected chi connectivity index (χ2v) is 13.1. The highest BCUT2D eigenvalue weighted by Gasteiger charge is 2.40. The van der Waals surface area contributed by atoms with Gasteiger partial charge in [0.1, 0.15) is 18.4 Å². The van der Waals surface area contributed by atoms with Gasteiger partial charge in [-0.15, -0.1) is 0 Å². The average Bonchev–Trinajstić information content (AvgIpc) is 2.90. The van der Waals surface area contributed by atoms with E-state index >= 15 is 0 Å². The number of aliphatic hydroxyl groups is 1. The molecule has 40 heavy (non-hydrogen) atoms. The van der Waals surface area contributed by atoms with Crippen molar-refractivity contribution in [2.45, 2.75) is 167 Å². The van der Waals surface area contributed by atoms with E-state index in [1.165, 1.54) is 33.1 Å². The predicted octanol–water partition coefficient (Wildman–Crippen LogP) is 4.35. The van der Waals surface area contributed by atoms with Gasteiger partial charge in [0.25, 0.3) is 0 Å². The molecule has 3 fully saturated rings. The van der Waals surface area contributed by atoms with Gasteiger partial charge in [0.15, 0.2) is 0 Å². The number of carbonyl (C=O) groups excluding carboxylic acids is 2. The van der Waals surface area contributed by atoms with E-state index in [1.54, 1.807) is 0 Å². The van der Waals surface area contributed by atoms with E-state index in [2.05, 4.69) is 12.2 Å². The van der Waals surface area contributed by atoms with Crippen molar-refractivity contribution >= 4 is 11.9 Å². The maximum atomic E-state index is 12.0. The van der Waals surface area contributed by atoms with Crippen molar-refractivity contribution < 1.29 is 34.2 Å². The van der Waals surface area contributed by atoms with Gasteiger partial charge in [0.2, 0.25) is 0 Å². The van der Waals surface area contributed by atoms with E-state index in [0.717, 1.165) is 90.0 Å². The molecule has 8 heteroatoms. The molecule has 2 saturated carbocycles. The van der Waals surface area contributed by atoms with Crippen molar-refractivity contribution in [3.05, 3.63) is 0 Å². The zero-order valence-electron chi connectivity index (χ0n) is 25.6. The van der Waals surface area contributed by atoms with Crippen LogP contribution in [0.5, 0.6) is 0 Å². The fourth-order valence-corrected chi connectivity index (χ4v) is 7.53. The van der Waals surface area contributed by atoms with Crippen molar-refractivity contribution in [1.29, 1.82) is 0 Å². The van der Waals surface area contributed by atoms with Crippen molar-refractivity contribution in [2.24, 2.45) is 23.5 Å². The van der Waals surface area contributed by atoms with E-state index in [1.807, 2.05) is 0 Å². The lowest BCUT2D eigenvalue weighted by molar-refractivity contribution is -0.699. The molecule has 0 amide bonds. The van der Waals surface area contributed by atoms with Crippen LogP contribution in [0.2, 0.25) is 0 Å². The average molecular weight is 568 g/mol. The summed E-state index contributed by atoms with van der Waals surface area (Å²) < 4.78 is 18.0. The smallest absolute Gasteiger partial charge is 0.302 e. The first-order valence-corrected chi connectivity index (χ1v) is 16.5. The Morgan fingerprint density at radius 1 is 0.925 bits per heavy atom. The van der Waals surface area contributed by atoms with Crippen molar-refractivity contribution in [3.63, 3.8) is 0 Å². The van der Waals surface area contributed by atoms with Crippen LogP contribution in [0, 0.1) is 17.8 Å². The third-order valence-corrected chi connectivity index (χ3v) is 9.49. The van der Waals surface area contributed by atoms with Gasteiger partial charge in [0, 0.05) is 26.7 Å². The Morgan fingerprint density at radius 2 is 1.62 bits per heavy atom. The van der Waals surface area contributed by atoms with Crippen molar-refractivity contribution in [2.75, 3.05) is 6.54 Å². The lowest BCUT2D eigenvalue weighted by Crippen LogP contribution is -2.94. The van der Waals surface area contributed by atoms with Crippen molar-refractivity contribution in [3.8, 4) is 0 Å². The molecule has 1 saturated heterocycles. The van der Waals surface area contributed by atoms with Gasteiger partial charge in [-0.05, 0) is 82.0 Å². The third-order valence-electron chi connectivity index (χ3n) is 9.49. The SMILES string of the molecule is CCCCC[C@@H](C[C@@H](CCC1CC(CC2CC[NH2+]C(N)C2)C(O)C(OC2CCCCC2)C1)OC(C)=O)OC(C)=O. The number of aliphatic hydroxyl groups excluding tert-OH is 1. The number of ether oxygens (including phenoxy) is 3. The number of unbranched alkanes of at least 4 members (excludes halogenated alkanes) is 2.